The van der Waals surface area contributed by atoms with E-state index in [-0.39, 0.29) is 11.3 Å². The van der Waals surface area contributed by atoms with Crippen LogP contribution in [0.3, 0.4) is 0 Å². The van der Waals surface area contributed by atoms with Gasteiger partial charge < -0.3 is 5.32 Å². The predicted molar refractivity (Wildman–Crippen MR) is 71.8 cm³/mol. The molecule has 0 aliphatic heterocycles. The van der Waals surface area contributed by atoms with Gasteiger partial charge in [0.2, 0.25) is 0 Å². The molecule has 5 heteroatoms. The molecule has 17 heavy (non-hydrogen) atoms. The summed E-state index contributed by atoms with van der Waals surface area (Å²) in [5, 5.41) is 9.69. The van der Waals surface area contributed by atoms with Gasteiger partial charge in [0.15, 0.2) is 0 Å². The zero-order valence-electron chi connectivity index (χ0n) is 9.09. The van der Waals surface area contributed by atoms with Crippen LogP contribution in [0.4, 0.5) is 4.79 Å². The van der Waals surface area contributed by atoms with E-state index in [4.69, 9.17) is 17.0 Å². The van der Waals surface area contributed by atoms with Crippen molar-refractivity contribution in [2.75, 3.05) is 0 Å². The SMILES string of the molecule is N=C(NC(=O)Cl)C1(c2ccc(Br)cc2)CCC1. The molecule has 1 aliphatic carbocycles. The molecule has 0 radical (unpaired) electrons. The Morgan fingerprint density at radius 2 is 1.94 bits per heavy atom. The lowest BCUT2D eigenvalue weighted by Crippen LogP contribution is -2.49. The molecule has 90 valence electrons. The maximum absolute atomic E-state index is 10.8. The number of carbonyl (C=O) groups is 1. The molecule has 1 amide bonds. The minimum atomic E-state index is -0.696. The Morgan fingerprint density at radius 3 is 2.35 bits per heavy atom. The standard InChI is InChI=1S/C12H12BrClN2O/c13-9-4-2-8(3-5-9)12(6-1-7-12)10(15)16-11(14)17/h2-5H,1,6-7H2,(H2,15,16,17). The summed E-state index contributed by atoms with van der Waals surface area (Å²) in [6.45, 7) is 0. The smallest absolute Gasteiger partial charge is 0.300 e. The quantitative estimate of drug-likeness (QED) is 0.371. The highest BCUT2D eigenvalue weighted by Crippen LogP contribution is 2.44. The van der Waals surface area contributed by atoms with Gasteiger partial charge in [-0.2, -0.15) is 0 Å². The fourth-order valence-electron chi connectivity index (χ4n) is 2.20. The van der Waals surface area contributed by atoms with Gasteiger partial charge in [0.25, 0.3) is 0 Å². The molecule has 1 aromatic carbocycles. The molecule has 0 heterocycles. The number of benzene rings is 1. The van der Waals surface area contributed by atoms with Crippen molar-refractivity contribution in [2.45, 2.75) is 24.7 Å². The van der Waals surface area contributed by atoms with E-state index in [1.54, 1.807) is 0 Å². The third kappa shape index (κ3) is 2.38. The van der Waals surface area contributed by atoms with Gasteiger partial charge in [0.05, 0.1) is 5.41 Å². The number of carbonyl (C=O) groups excluding carboxylic acids is 1. The maximum Gasteiger partial charge on any atom is 0.319 e. The summed E-state index contributed by atoms with van der Waals surface area (Å²) in [5.41, 5.74) is 0.702. The van der Waals surface area contributed by atoms with E-state index in [2.05, 4.69) is 21.2 Å². The molecule has 0 unspecified atom stereocenters. The van der Waals surface area contributed by atoms with Gasteiger partial charge in [0, 0.05) is 4.47 Å². The van der Waals surface area contributed by atoms with Crippen molar-refractivity contribution in [1.29, 1.82) is 5.41 Å². The number of hydrogen-bond acceptors (Lipinski definition) is 2. The zero-order valence-corrected chi connectivity index (χ0v) is 11.4. The van der Waals surface area contributed by atoms with Crippen molar-refractivity contribution < 1.29 is 4.79 Å². The molecule has 1 fully saturated rings. The molecular weight excluding hydrogens is 304 g/mol. The molecule has 2 rings (SSSR count). The Kier molecular flexibility index (Phi) is 3.54. The van der Waals surface area contributed by atoms with Gasteiger partial charge in [-0.3, -0.25) is 10.2 Å². The van der Waals surface area contributed by atoms with Gasteiger partial charge >= 0.3 is 5.37 Å². The molecule has 0 bridgehead atoms. The van der Waals surface area contributed by atoms with Crippen LogP contribution in [0.5, 0.6) is 0 Å². The Hall–Kier alpha value is -0.870. The topological polar surface area (TPSA) is 53.0 Å². The molecule has 1 saturated carbocycles. The molecule has 0 atom stereocenters. The van der Waals surface area contributed by atoms with Crippen molar-refractivity contribution in [3.05, 3.63) is 34.3 Å². The van der Waals surface area contributed by atoms with E-state index in [1.165, 1.54) is 0 Å². The fraction of sp³-hybridized carbons (Fsp3) is 0.333. The van der Waals surface area contributed by atoms with Crippen LogP contribution in [-0.4, -0.2) is 11.2 Å². The molecular formula is C12H12BrClN2O. The summed E-state index contributed by atoms with van der Waals surface area (Å²) in [6, 6.07) is 7.87. The first-order chi connectivity index (χ1) is 8.04. The molecule has 0 spiro atoms. The third-order valence-corrected chi connectivity index (χ3v) is 3.93. The van der Waals surface area contributed by atoms with Crippen molar-refractivity contribution in [3.63, 3.8) is 0 Å². The molecule has 1 aliphatic rings. The first-order valence-corrected chi connectivity index (χ1v) is 6.53. The molecule has 1 aromatic rings. The number of amides is 1. The van der Waals surface area contributed by atoms with E-state index in [1.807, 2.05) is 24.3 Å². The first kappa shape index (κ1) is 12.6. The third-order valence-electron chi connectivity index (χ3n) is 3.31. The van der Waals surface area contributed by atoms with Crippen LogP contribution in [0.1, 0.15) is 24.8 Å². The highest BCUT2D eigenvalue weighted by Gasteiger charge is 2.43. The molecule has 0 saturated heterocycles. The molecule has 2 N–H and O–H groups in total. The van der Waals surface area contributed by atoms with E-state index in [0.717, 1.165) is 29.3 Å². The second-order valence-electron chi connectivity index (χ2n) is 4.22. The molecule has 0 aromatic heterocycles. The first-order valence-electron chi connectivity index (χ1n) is 5.36. The number of amidine groups is 1. The van der Waals surface area contributed by atoms with Crippen LogP contribution in [0.15, 0.2) is 28.7 Å². The normalized spacial score (nSPS) is 17.1. The van der Waals surface area contributed by atoms with Crippen molar-refractivity contribution in [2.24, 2.45) is 0 Å². The predicted octanol–water partition coefficient (Wildman–Crippen LogP) is 3.80. The van der Waals surface area contributed by atoms with Crippen LogP contribution in [0, 0.1) is 5.41 Å². The maximum atomic E-state index is 10.8. The average Bonchev–Trinajstić information content (AvgIpc) is 2.18. The summed E-state index contributed by atoms with van der Waals surface area (Å²) in [6.07, 6.45) is 2.83. The number of rotatable bonds is 2. The van der Waals surface area contributed by atoms with Crippen LogP contribution in [-0.2, 0) is 5.41 Å². The minimum Gasteiger partial charge on any atom is -0.300 e. The van der Waals surface area contributed by atoms with Crippen molar-refractivity contribution in [3.8, 4) is 0 Å². The van der Waals surface area contributed by atoms with Gasteiger partial charge in [-0.05, 0) is 42.1 Å². The highest BCUT2D eigenvalue weighted by molar-refractivity contribution is 9.10. The summed E-state index contributed by atoms with van der Waals surface area (Å²) in [4.78, 5) is 10.8. The largest absolute Gasteiger partial charge is 0.319 e. The van der Waals surface area contributed by atoms with Gasteiger partial charge in [-0.25, -0.2) is 0 Å². The van der Waals surface area contributed by atoms with Gasteiger partial charge in [0.1, 0.15) is 5.84 Å². The molecule has 3 nitrogen and oxygen atoms in total. The van der Waals surface area contributed by atoms with Crippen LogP contribution >= 0.6 is 27.5 Å². The van der Waals surface area contributed by atoms with Crippen molar-refractivity contribution >= 4 is 38.7 Å². The number of hydrogen-bond donors (Lipinski definition) is 2. The summed E-state index contributed by atoms with van der Waals surface area (Å²) >= 11 is 8.66. The van der Waals surface area contributed by atoms with E-state index in [0.29, 0.717) is 0 Å². The Bertz CT molecular complexity index is 454. The summed E-state index contributed by atoms with van der Waals surface area (Å²) in [7, 11) is 0. The second-order valence-corrected chi connectivity index (χ2v) is 5.48. The van der Waals surface area contributed by atoms with Crippen LogP contribution in [0.25, 0.3) is 0 Å². The number of halogens is 2. The van der Waals surface area contributed by atoms with Crippen molar-refractivity contribution in [1.82, 2.24) is 5.32 Å². The van der Waals surface area contributed by atoms with E-state index >= 15 is 0 Å². The lowest BCUT2D eigenvalue weighted by molar-refractivity contribution is 0.261. The zero-order chi connectivity index (χ0) is 12.5. The Morgan fingerprint density at radius 1 is 1.35 bits per heavy atom. The van der Waals surface area contributed by atoms with Gasteiger partial charge in [-0.15, -0.1) is 0 Å². The minimum absolute atomic E-state index is 0.200. The number of nitrogens with one attached hydrogen (secondary N) is 2. The fourth-order valence-corrected chi connectivity index (χ4v) is 2.56. The lowest BCUT2D eigenvalue weighted by Gasteiger charge is -2.42. The van der Waals surface area contributed by atoms with E-state index < -0.39 is 5.37 Å². The Labute approximate surface area is 113 Å². The average molecular weight is 316 g/mol. The van der Waals surface area contributed by atoms with Gasteiger partial charge in [-0.1, -0.05) is 34.5 Å². The van der Waals surface area contributed by atoms with E-state index in [9.17, 15) is 4.79 Å². The monoisotopic (exact) mass is 314 g/mol. The summed E-state index contributed by atoms with van der Waals surface area (Å²) in [5.74, 6) is 0.200. The Balaban J connectivity index is 2.28. The highest BCUT2D eigenvalue weighted by atomic mass is 79.9. The second kappa shape index (κ2) is 4.78. The van der Waals surface area contributed by atoms with Crippen LogP contribution < -0.4 is 5.32 Å². The lowest BCUT2D eigenvalue weighted by atomic mass is 9.63. The summed E-state index contributed by atoms with van der Waals surface area (Å²) < 4.78 is 1.00. The van der Waals surface area contributed by atoms with Crippen LogP contribution in [0.2, 0.25) is 0 Å².